The lowest BCUT2D eigenvalue weighted by Crippen LogP contribution is -2.24. The van der Waals surface area contributed by atoms with Crippen molar-refractivity contribution in [2.45, 2.75) is 26.2 Å². The molecule has 0 aliphatic carbocycles. The Labute approximate surface area is 133 Å². The van der Waals surface area contributed by atoms with E-state index in [1.165, 1.54) is 24.5 Å². The summed E-state index contributed by atoms with van der Waals surface area (Å²) in [6.45, 7) is 2.68. The number of unbranched alkanes of at least 4 members (excludes halogenated alkanes) is 2. The molecule has 1 aromatic carbocycles. The summed E-state index contributed by atoms with van der Waals surface area (Å²) in [5.74, 6) is -1.68. The van der Waals surface area contributed by atoms with Crippen LogP contribution < -0.4 is 10.6 Å². The highest BCUT2D eigenvalue weighted by Crippen LogP contribution is 2.23. The van der Waals surface area contributed by atoms with Gasteiger partial charge in [0.25, 0.3) is 5.91 Å². The number of nitrogens with one attached hydrogen (secondary N) is 2. The lowest BCUT2D eigenvalue weighted by molar-refractivity contribution is 0.0952. The first-order valence-corrected chi connectivity index (χ1v) is 7.56. The monoisotopic (exact) mass is 319 g/mol. The van der Waals surface area contributed by atoms with Crippen LogP contribution in [-0.4, -0.2) is 17.4 Å². The van der Waals surface area contributed by atoms with Crippen molar-refractivity contribution in [2.75, 3.05) is 11.9 Å². The molecule has 0 saturated heterocycles. The molecule has 0 atom stereocenters. The number of para-hydroxylation sites is 1. The molecular formula is C17H19F2N3O. The fraction of sp³-hybridized carbons (Fsp3) is 0.294. The van der Waals surface area contributed by atoms with Gasteiger partial charge in [-0.2, -0.15) is 0 Å². The van der Waals surface area contributed by atoms with Gasteiger partial charge in [0.05, 0.1) is 17.4 Å². The van der Waals surface area contributed by atoms with Crippen LogP contribution in [0, 0.1) is 11.6 Å². The first-order chi connectivity index (χ1) is 11.1. The third-order valence-electron chi connectivity index (χ3n) is 3.30. The summed E-state index contributed by atoms with van der Waals surface area (Å²) in [7, 11) is 0. The molecule has 2 aromatic rings. The Balaban J connectivity index is 2.06. The molecule has 0 spiro atoms. The van der Waals surface area contributed by atoms with E-state index in [0.29, 0.717) is 17.8 Å². The fourth-order valence-corrected chi connectivity index (χ4v) is 2.07. The van der Waals surface area contributed by atoms with Crippen LogP contribution >= 0.6 is 0 Å². The van der Waals surface area contributed by atoms with Crippen molar-refractivity contribution >= 4 is 17.3 Å². The Morgan fingerprint density at radius 3 is 2.61 bits per heavy atom. The predicted octanol–water partition coefficient (Wildman–Crippen LogP) is 4.02. The molecule has 0 aliphatic rings. The van der Waals surface area contributed by atoms with E-state index in [1.54, 1.807) is 0 Å². The van der Waals surface area contributed by atoms with Crippen LogP contribution in [0.1, 0.15) is 36.5 Å². The number of pyridine rings is 1. The van der Waals surface area contributed by atoms with E-state index in [0.717, 1.165) is 31.4 Å². The zero-order chi connectivity index (χ0) is 16.7. The quantitative estimate of drug-likeness (QED) is 0.758. The van der Waals surface area contributed by atoms with E-state index >= 15 is 0 Å². The van der Waals surface area contributed by atoms with Gasteiger partial charge < -0.3 is 10.6 Å². The first-order valence-electron chi connectivity index (χ1n) is 7.56. The van der Waals surface area contributed by atoms with Crippen molar-refractivity contribution in [3.05, 3.63) is 53.9 Å². The second-order valence-corrected chi connectivity index (χ2v) is 5.15. The van der Waals surface area contributed by atoms with Gasteiger partial charge in [-0.1, -0.05) is 25.8 Å². The van der Waals surface area contributed by atoms with Crippen molar-refractivity contribution in [1.29, 1.82) is 0 Å². The van der Waals surface area contributed by atoms with E-state index in [2.05, 4.69) is 22.5 Å². The van der Waals surface area contributed by atoms with E-state index in [-0.39, 0.29) is 11.6 Å². The minimum absolute atomic E-state index is 0.258. The van der Waals surface area contributed by atoms with Crippen LogP contribution in [-0.2, 0) is 0 Å². The minimum Gasteiger partial charge on any atom is -0.352 e. The Hall–Kier alpha value is -2.50. The van der Waals surface area contributed by atoms with Crippen LogP contribution in [0.15, 0.2) is 36.7 Å². The number of hydrogen-bond acceptors (Lipinski definition) is 3. The molecule has 1 aromatic heterocycles. The van der Waals surface area contributed by atoms with Gasteiger partial charge >= 0.3 is 0 Å². The fourth-order valence-electron chi connectivity index (χ4n) is 2.07. The average molecular weight is 319 g/mol. The second kappa shape index (κ2) is 8.22. The van der Waals surface area contributed by atoms with Crippen molar-refractivity contribution < 1.29 is 13.6 Å². The maximum atomic E-state index is 13.6. The van der Waals surface area contributed by atoms with Crippen LogP contribution in [0.2, 0.25) is 0 Å². The van der Waals surface area contributed by atoms with Gasteiger partial charge in [-0.25, -0.2) is 8.78 Å². The molecule has 6 heteroatoms. The number of rotatable bonds is 7. The number of halogens is 2. The van der Waals surface area contributed by atoms with Crippen molar-refractivity contribution in [1.82, 2.24) is 10.3 Å². The van der Waals surface area contributed by atoms with E-state index < -0.39 is 11.6 Å². The molecule has 23 heavy (non-hydrogen) atoms. The second-order valence-electron chi connectivity index (χ2n) is 5.15. The molecule has 1 heterocycles. The molecule has 2 N–H and O–H groups in total. The average Bonchev–Trinajstić information content (AvgIpc) is 2.55. The third kappa shape index (κ3) is 4.74. The molecule has 0 saturated carbocycles. The Bertz CT molecular complexity index is 656. The molecule has 0 aliphatic heterocycles. The zero-order valence-electron chi connectivity index (χ0n) is 12.9. The molecule has 2 rings (SSSR count). The number of anilines is 2. The number of nitrogens with zero attached hydrogens (tertiary/aromatic N) is 1. The van der Waals surface area contributed by atoms with Crippen LogP contribution in [0.25, 0.3) is 0 Å². The van der Waals surface area contributed by atoms with Crippen molar-refractivity contribution in [3.63, 3.8) is 0 Å². The summed E-state index contributed by atoms with van der Waals surface area (Å²) in [4.78, 5) is 16.0. The first kappa shape index (κ1) is 16.9. The minimum atomic E-state index is -0.709. The maximum absolute atomic E-state index is 13.6. The lowest BCUT2D eigenvalue weighted by Gasteiger charge is -2.10. The summed E-state index contributed by atoms with van der Waals surface area (Å²) in [5, 5.41) is 5.41. The smallest absolute Gasteiger partial charge is 0.252 e. The molecule has 122 valence electrons. The van der Waals surface area contributed by atoms with Crippen LogP contribution in [0.3, 0.4) is 0 Å². The van der Waals surface area contributed by atoms with Crippen molar-refractivity contribution in [2.24, 2.45) is 0 Å². The standard InChI is InChI=1S/C17H19F2N3O/c1-2-3-4-8-21-17(23)12-9-13(11-20-10-12)22-16-14(18)6-5-7-15(16)19/h5-7,9-11,22H,2-4,8H2,1H3,(H,21,23). The molecule has 4 nitrogen and oxygen atoms in total. The van der Waals surface area contributed by atoms with E-state index in [9.17, 15) is 13.6 Å². The zero-order valence-corrected chi connectivity index (χ0v) is 12.9. The normalized spacial score (nSPS) is 10.4. The van der Waals surface area contributed by atoms with Gasteiger partial charge in [-0.05, 0) is 24.6 Å². The number of hydrogen-bond donors (Lipinski definition) is 2. The van der Waals surface area contributed by atoms with Gasteiger partial charge in [0.1, 0.15) is 17.3 Å². The number of amides is 1. The highest BCUT2D eigenvalue weighted by molar-refractivity contribution is 5.94. The van der Waals surface area contributed by atoms with Gasteiger partial charge in [-0.15, -0.1) is 0 Å². The molecule has 0 radical (unpaired) electrons. The Kier molecular flexibility index (Phi) is 6.02. The predicted molar refractivity (Wildman–Crippen MR) is 85.7 cm³/mol. The number of carbonyl (C=O) groups excluding carboxylic acids is 1. The van der Waals surface area contributed by atoms with Gasteiger partial charge in [-0.3, -0.25) is 9.78 Å². The highest BCUT2D eigenvalue weighted by Gasteiger charge is 2.11. The molecule has 1 amide bonds. The summed E-state index contributed by atoms with van der Waals surface area (Å²) in [6, 6.07) is 5.11. The lowest BCUT2D eigenvalue weighted by atomic mass is 10.2. The molecule has 0 unspecified atom stereocenters. The molecular weight excluding hydrogens is 300 g/mol. The summed E-state index contributed by atoms with van der Waals surface area (Å²) in [5.41, 5.74) is 0.410. The maximum Gasteiger partial charge on any atom is 0.252 e. The highest BCUT2D eigenvalue weighted by atomic mass is 19.1. The van der Waals surface area contributed by atoms with E-state index in [4.69, 9.17) is 0 Å². The van der Waals surface area contributed by atoms with Gasteiger partial charge in [0, 0.05) is 12.7 Å². The summed E-state index contributed by atoms with van der Waals surface area (Å²) >= 11 is 0. The number of benzene rings is 1. The Morgan fingerprint density at radius 1 is 1.17 bits per heavy atom. The van der Waals surface area contributed by atoms with Crippen LogP contribution in [0.5, 0.6) is 0 Å². The Morgan fingerprint density at radius 2 is 1.91 bits per heavy atom. The van der Waals surface area contributed by atoms with Gasteiger partial charge in [0.15, 0.2) is 0 Å². The SMILES string of the molecule is CCCCCNC(=O)c1cncc(Nc2c(F)cccc2F)c1. The summed E-state index contributed by atoms with van der Waals surface area (Å²) < 4.78 is 27.3. The van der Waals surface area contributed by atoms with Gasteiger partial charge in [0.2, 0.25) is 0 Å². The topological polar surface area (TPSA) is 54.0 Å². The number of carbonyl (C=O) groups is 1. The molecule has 0 bridgehead atoms. The van der Waals surface area contributed by atoms with E-state index in [1.807, 2.05) is 0 Å². The molecule has 0 fully saturated rings. The van der Waals surface area contributed by atoms with Crippen LogP contribution in [0.4, 0.5) is 20.2 Å². The van der Waals surface area contributed by atoms with Crippen molar-refractivity contribution in [3.8, 4) is 0 Å². The number of aromatic nitrogens is 1. The third-order valence-corrected chi connectivity index (χ3v) is 3.30. The largest absolute Gasteiger partial charge is 0.352 e. The summed E-state index contributed by atoms with van der Waals surface area (Å²) in [6.07, 6.45) is 5.85.